The van der Waals surface area contributed by atoms with Gasteiger partial charge in [0.15, 0.2) is 11.5 Å². The van der Waals surface area contributed by atoms with Gasteiger partial charge in [0.2, 0.25) is 5.13 Å². The van der Waals surface area contributed by atoms with Gasteiger partial charge in [0.1, 0.15) is 10.6 Å². The minimum atomic E-state index is -0.423. The van der Waals surface area contributed by atoms with E-state index in [1.807, 2.05) is 0 Å². The smallest absolute Gasteiger partial charge is 0.350 e. The Morgan fingerprint density at radius 2 is 1.76 bits per heavy atom. The number of nitrogens with zero attached hydrogens (tertiary/aromatic N) is 2. The van der Waals surface area contributed by atoms with Crippen molar-refractivity contribution in [3.63, 3.8) is 0 Å². The maximum atomic E-state index is 11.6. The number of anilines is 1. The van der Waals surface area contributed by atoms with Crippen LogP contribution in [0.15, 0.2) is 17.2 Å². The molecule has 9 heteroatoms. The van der Waals surface area contributed by atoms with E-state index in [0.29, 0.717) is 38.5 Å². The SMILES string of the molecule is COC(=O)c1sc(N/N=C\c2cc(OC)c(OC)cc2OC)nc1C. The molecule has 0 aliphatic heterocycles. The minimum Gasteiger partial charge on any atom is -0.496 e. The van der Waals surface area contributed by atoms with Crippen LogP contribution in [0.5, 0.6) is 17.2 Å². The molecule has 0 saturated carbocycles. The summed E-state index contributed by atoms with van der Waals surface area (Å²) in [5, 5.41) is 4.62. The van der Waals surface area contributed by atoms with Crippen LogP contribution in [0.4, 0.5) is 5.13 Å². The molecule has 8 nitrogen and oxygen atoms in total. The topological polar surface area (TPSA) is 91.3 Å². The van der Waals surface area contributed by atoms with Crippen LogP contribution in [-0.4, -0.2) is 45.6 Å². The van der Waals surface area contributed by atoms with E-state index in [1.165, 1.54) is 7.11 Å². The van der Waals surface area contributed by atoms with Crippen molar-refractivity contribution in [1.82, 2.24) is 4.98 Å². The lowest BCUT2D eigenvalue weighted by Crippen LogP contribution is -1.99. The number of methoxy groups -OCH3 is 4. The van der Waals surface area contributed by atoms with Crippen LogP contribution in [0, 0.1) is 6.92 Å². The number of hydrogen-bond acceptors (Lipinski definition) is 9. The predicted octanol–water partition coefficient (Wildman–Crippen LogP) is 2.71. The van der Waals surface area contributed by atoms with Gasteiger partial charge in [-0.3, -0.25) is 5.43 Å². The van der Waals surface area contributed by atoms with E-state index >= 15 is 0 Å². The predicted molar refractivity (Wildman–Crippen MR) is 95.5 cm³/mol. The highest BCUT2D eigenvalue weighted by molar-refractivity contribution is 7.17. The number of nitrogens with one attached hydrogen (secondary N) is 1. The average Bonchev–Trinajstić information content (AvgIpc) is 3.00. The third-order valence-electron chi connectivity index (χ3n) is 3.27. The average molecular weight is 365 g/mol. The maximum Gasteiger partial charge on any atom is 0.350 e. The molecule has 0 atom stereocenters. The molecule has 0 saturated heterocycles. The van der Waals surface area contributed by atoms with E-state index in [2.05, 4.69) is 15.5 Å². The first kappa shape index (κ1) is 18.5. The van der Waals surface area contributed by atoms with E-state index in [-0.39, 0.29) is 0 Å². The van der Waals surface area contributed by atoms with E-state index in [9.17, 15) is 4.79 Å². The van der Waals surface area contributed by atoms with Crippen molar-refractivity contribution >= 4 is 28.7 Å². The Bertz CT molecular complexity index is 788. The van der Waals surface area contributed by atoms with Gasteiger partial charge in [-0.15, -0.1) is 0 Å². The Hall–Kier alpha value is -2.81. The van der Waals surface area contributed by atoms with Crippen LogP contribution in [0.2, 0.25) is 0 Å². The van der Waals surface area contributed by atoms with Crippen LogP contribution in [-0.2, 0) is 4.74 Å². The molecular formula is C16H19N3O5S. The van der Waals surface area contributed by atoms with Crippen molar-refractivity contribution in [2.75, 3.05) is 33.9 Å². The fourth-order valence-electron chi connectivity index (χ4n) is 2.04. The zero-order valence-corrected chi connectivity index (χ0v) is 15.4. The monoisotopic (exact) mass is 365 g/mol. The number of benzene rings is 1. The lowest BCUT2D eigenvalue weighted by molar-refractivity contribution is 0.0605. The number of ether oxygens (including phenoxy) is 4. The first-order valence-corrected chi connectivity index (χ1v) is 8.00. The molecule has 1 aromatic heterocycles. The molecule has 0 amide bonds. The number of carbonyl (C=O) groups is 1. The van der Waals surface area contributed by atoms with Gasteiger partial charge in [0.05, 0.1) is 40.3 Å². The lowest BCUT2D eigenvalue weighted by Gasteiger charge is -2.11. The van der Waals surface area contributed by atoms with Gasteiger partial charge >= 0.3 is 5.97 Å². The molecule has 2 aromatic rings. The maximum absolute atomic E-state index is 11.6. The van der Waals surface area contributed by atoms with Crippen molar-refractivity contribution < 1.29 is 23.7 Å². The van der Waals surface area contributed by atoms with Gasteiger partial charge in [-0.1, -0.05) is 11.3 Å². The Kier molecular flexibility index (Phi) is 6.18. The van der Waals surface area contributed by atoms with Crippen molar-refractivity contribution in [3.05, 3.63) is 28.3 Å². The molecule has 2 rings (SSSR count). The van der Waals surface area contributed by atoms with E-state index in [0.717, 1.165) is 11.3 Å². The van der Waals surface area contributed by atoms with E-state index < -0.39 is 5.97 Å². The van der Waals surface area contributed by atoms with Gasteiger partial charge < -0.3 is 18.9 Å². The standard InChI is InChI=1S/C16H19N3O5S/c1-9-14(15(20)24-5)25-16(18-9)19-17-8-10-6-12(22-3)13(23-4)7-11(10)21-2/h6-8H,1-5H3,(H,18,19)/b17-8-. The van der Waals surface area contributed by atoms with Crippen molar-refractivity contribution in [2.45, 2.75) is 6.92 Å². The normalized spacial score (nSPS) is 10.6. The summed E-state index contributed by atoms with van der Waals surface area (Å²) in [4.78, 5) is 16.3. The zero-order valence-electron chi connectivity index (χ0n) is 14.6. The number of esters is 1. The molecule has 0 unspecified atom stereocenters. The molecular weight excluding hydrogens is 346 g/mol. The summed E-state index contributed by atoms with van der Waals surface area (Å²) in [5.41, 5.74) is 4.06. The van der Waals surface area contributed by atoms with E-state index in [4.69, 9.17) is 18.9 Å². The fourth-order valence-corrected chi connectivity index (χ4v) is 2.87. The summed E-state index contributed by atoms with van der Waals surface area (Å²) in [7, 11) is 5.99. The molecule has 134 valence electrons. The molecule has 0 aliphatic rings. The van der Waals surface area contributed by atoms with Crippen LogP contribution < -0.4 is 19.6 Å². The van der Waals surface area contributed by atoms with Crippen LogP contribution in [0.25, 0.3) is 0 Å². The van der Waals surface area contributed by atoms with Gasteiger partial charge in [-0.2, -0.15) is 5.10 Å². The Morgan fingerprint density at radius 3 is 2.36 bits per heavy atom. The molecule has 0 fully saturated rings. The van der Waals surface area contributed by atoms with Crippen LogP contribution >= 0.6 is 11.3 Å². The number of aromatic nitrogens is 1. The first-order valence-electron chi connectivity index (χ1n) is 7.18. The minimum absolute atomic E-state index is 0.423. The van der Waals surface area contributed by atoms with Crippen molar-refractivity contribution in [1.29, 1.82) is 0 Å². The van der Waals surface area contributed by atoms with Crippen molar-refractivity contribution in [3.8, 4) is 17.2 Å². The summed E-state index contributed by atoms with van der Waals surface area (Å²) in [6, 6.07) is 3.46. The molecule has 25 heavy (non-hydrogen) atoms. The molecule has 0 bridgehead atoms. The number of hydrogen-bond donors (Lipinski definition) is 1. The van der Waals surface area contributed by atoms with Gasteiger partial charge in [-0.05, 0) is 13.0 Å². The highest BCUT2D eigenvalue weighted by atomic mass is 32.1. The molecule has 0 spiro atoms. The van der Waals surface area contributed by atoms with Gasteiger partial charge in [0.25, 0.3) is 0 Å². The summed E-state index contributed by atoms with van der Waals surface area (Å²) >= 11 is 1.16. The van der Waals surface area contributed by atoms with Gasteiger partial charge in [-0.25, -0.2) is 9.78 Å². The number of rotatable bonds is 7. The summed E-state index contributed by atoms with van der Waals surface area (Å²) in [6.07, 6.45) is 1.56. The number of thiazole rings is 1. The van der Waals surface area contributed by atoms with Crippen LogP contribution in [0.1, 0.15) is 20.9 Å². The third-order valence-corrected chi connectivity index (χ3v) is 4.31. The highest BCUT2D eigenvalue weighted by Gasteiger charge is 2.15. The highest BCUT2D eigenvalue weighted by Crippen LogP contribution is 2.33. The molecule has 1 aromatic carbocycles. The molecule has 0 aliphatic carbocycles. The van der Waals surface area contributed by atoms with Crippen LogP contribution in [0.3, 0.4) is 0 Å². The lowest BCUT2D eigenvalue weighted by atomic mass is 10.2. The second-order valence-electron chi connectivity index (χ2n) is 4.74. The molecule has 0 radical (unpaired) electrons. The largest absolute Gasteiger partial charge is 0.496 e. The number of hydrazone groups is 1. The van der Waals surface area contributed by atoms with Gasteiger partial charge in [0, 0.05) is 11.6 Å². The second kappa shape index (κ2) is 8.34. The Balaban J connectivity index is 2.21. The molecule has 1 heterocycles. The Labute approximate surface area is 149 Å². The third kappa shape index (κ3) is 4.18. The summed E-state index contributed by atoms with van der Waals surface area (Å²) < 4.78 is 20.5. The van der Waals surface area contributed by atoms with E-state index in [1.54, 1.807) is 46.6 Å². The first-order chi connectivity index (χ1) is 12.0. The number of aryl methyl sites for hydroxylation is 1. The molecule has 1 N–H and O–H groups in total. The Morgan fingerprint density at radius 1 is 1.12 bits per heavy atom. The summed E-state index contributed by atoms with van der Waals surface area (Å²) in [6.45, 7) is 1.73. The second-order valence-corrected chi connectivity index (χ2v) is 5.74. The fraction of sp³-hybridized carbons (Fsp3) is 0.312. The quantitative estimate of drug-likeness (QED) is 0.458. The summed E-state index contributed by atoms with van der Waals surface area (Å²) in [5.74, 6) is 1.27. The van der Waals surface area contributed by atoms with Crippen molar-refractivity contribution in [2.24, 2.45) is 5.10 Å². The number of carbonyl (C=O) groups excluding carboxylic acids is 1. The zero-order chi connectivity index (χ0) is 18.4.